The molecule has 0 saturated carbocycles. The number of anilines is 1. The van der Waals surface area contributed by atoms with Crippen LogP contribution in [-0.2, 0) is 29.4 Å². The van der Waals surface area contributed by atoms with E-state index in [9.17, 15) is 18.0 Å². The summed E-state index contributed by atoms with van der Waals surface area (Å²) in [4.78, 5) is 26.7. The number of nitrogen functional groups attached to an aromatic ring is 1. The van der Waals surface area contributed by atoms with Gasteiger partial charge in [0.15, 0.2) is 0 Å². The Morgan fingerprint density at radius 2 is 1.81 bits per heavy atom. The molecule has 2 aromatic rings. The minimum atomic E-state index is -3.61. The minimum Gasteiger partial charge on any atom is -0.399 e. The van der Waals surface area contributed by atoms with Gasteiger partial charge in [0.25, 0.3) is 5.56 Å². The van der Waals surface area contributed by atoms with Crippen molar-refractivity contribution in [2.45, 2.75) is 43.5 Å². The van der Waals surface area contributed by atoms with Gasteiger partial charge in [0.05, 0.1) is 4.90 Å². The van der Waals surface area contributed by atoms with Crippen molar-refractivity contribution in [2.24, 2.45) is 0 Å². The highest BCUT2D eigenvalue weighted by atomic mass is 32.2. The van der Waals surface area contributed by atoms with Crippen molar-refractivity contribution in [3.8, 4) is 0 Å². The summed E-state index contributed by atoms with van der Waals surface area (Å²) in [5.41, 5.74) is 6.86. The van der Waals surface area contributed by atoms with Gasteiger partial charge in [-0.1, -0.05) is 0 Å². The predicted octanol–water partition coefficient (Wildman–Crippen LogP) is 0.708. The van der Waals surface area contributed by atoms with Crippen molar-refractivity contribution in [2.75, 3.05) is 19.3 Å². The molecule has 9 heteroatoms. The van der Waals surface area contributed by atoms with Gasteiger partial charge in [-0.05, 0) is 56.4 Å². The van der Waals surface area contributed by atoms with Crippen molar-refractivity contribution in [1.82, 2.24) is 13.9 Å². The normalized spacial score (nSPS) is 14.3. The van der Waals surface area contributed by atoms with Crippen molar-refractivity contribution in [3.05, 3.63) is 56.4 Å². The molecule has 3 rings (SSSR count). The van der Waals surface area contributed by atoms with E-state index < -0.39 is 15.7 Å². The highest BCUT2D eigenvalue weighted by molar-refractivity contribution is 7.89. The van der Waals surface area contributed by atoms with Crippen LogP contribution in [0.3, 0.4) is 0 Å². The van der Waals surface area contributed by atoms with E-state index in [-0.39, 0.29) is 17.0 Å². The number of nitrogens with zero attached hydrogens (tertiary/aromatic N) is 2. The van der Waals surface area contributed by atoms with Gasteiger partial charge < -0.3 is 5.73 Å². The summed E-state index contributed by atoms with van der Waals surface area (Å²) in [6, 6.07) is 6.05. The van der Waals surface area contributed by atoms with Crippen molar-refractivity contribution < 1.29 is 8.42 Å². The Morgan fingerprint density at radius 3 is 2.52 bits per heavy atom. The molecule has 0 saturated heterocycles. The number of hydrogen-bond acceptors (Lipinski definition) is 5. The van der Waals surface area contributed by atoms with Crippen LogP contribution in [0.1, 0.15) is 30.5 Å². The number of sulfonamides is 1. The number of hydrogen-bond donors (Lipinski definition) is 2. The molecule has 0 aliphatic heterocycles. The first-order valence-electron chi connectivity index (χ1n) is 8.97. The highest BCUT2D eigenvalue weighted by Crippen LogP contribution is 2.18. The number of nitrogens with one attached hydrogen (secondary N) is 1. The SMILES string of the molecule is CN(CCCn1c2c(c(=O)[nH]c1=O)CCCC2)S(=O)(=O)c1ccc(N)cc1. The Balaban J connectivity index is 1.72. The van der Waals surface area contributed by atoms with E-state index in [4.69, 9.17) is 5.73 Å². The third-order valence-corrected chi connectivity index (χ3v) is 6.82. The van der Waals surface area contributed by atoms with E-state index in [1.54, 1.807) is 16.7 Å². The molecule has 27 heavy (non-hydrogen) atoms. The average molecular weight is 392 g/mol. The lowest BCUT2D eigenvalue weighted by molar-refractivity contribution is 0.435. The van der Waals surface area contributed by atoms with Crippen LogP contribution in [0, 0.1) is 0 Å². The smallest absolute Gasteiger partial charge is 0.328 e. The number of benzene rings is 1. The van der Waals surface area contributed by atoms with Crippen LogP contribution in [-0.4, -0.2) is 35.9 Å². The third kappa shape index (κ3) is 3.98. The summed E-state index contributed by atoms with van der Waals surface area (Å²) >= 11 is 0. The van der Waals surface area contributed by atoms with Crippen molar-refractivity contribution in [1.29, 1.82) is 0 Å². The van der Waals surface area contributed by atoms with E-state index in [2.05, 4.69) is 4.98 Å². The van der Waals surface area contributed by atoms with Crippen LogP contribution in [0.5, 0.6) is 0 Å². The summed E-state index contributed by atoms with van der Waals surface area (Å²) in [5.74, 6) is 0. The lowest BCUT2D eigenvalue weighted by Crippen LogP contribution is -2.37. The van der Waals surface area contributed by atoms with Gasteiger partial charge in [-0.15, -0.1) is 0 Å². The summed E-state index contributed by atoms with van der Waals surface area (Å²) in [5, 5.41) is 0. The molecule has 0 amide bonds. The van der Waals surface area contributed by atoms with Crippen LogP contribution in [0.2, 0.25) is 0 Å². The average Bonchev–Trinajstić information content (AvgIpc) is 2.64. The van der Waals surface area contributed by atoms with Crippen molar-refractivity contribution >= 4 is 15.7 Å². The van der Waals surface area contributed by atoms with Gasteiger partial charge in [-0.3, -0.25) is 14.3 Å². The molecule has 3 N–H and O–H groups in total. The second-order valence-corrected chi connectivity index (χ2v) is 8.84. The second-order valence-electron chi connectivity index (χ2n) is 6.79. The maximum Gasteiger partial charge on any atom is 0.328 e. The van der Waals surface area contributed by atoms with Crippen LogP contribution in [0.25, 0.3) is 0 Å². The predicted molar refractivity (Wildman–Crippen MR) is 103 cm³/mol. The van der Waals surface area contributed by atoms with Gasteiger partial charge in [0.2, 0.25) is 10.0 Å². The van der Waals surface area contributed by atoms with Crippen LogP contribution in [0.15, 0.2) is 38.8 Å². The zero-order valence-electron chi connectivity index (χ0n) is 15.3. The fraction of sp³-hybridized carbons (Fsp3) is 0.444. The molecule has 1 aliphatic rings. The third-order valence-electron chi connectivity index (χ3n) is 4.95. The number of aromatic amines is 1. The first kappa shape index (κ1) is 19.4. The Morgan fingerprint density at radius 1 is 1.15 bits per heavy atom. The monoisotopic (exact) mass is 392 g/mol. The summed E-state index contributed by atoms with van der Waals surface area (Å²) in [6.45, 7) is 0.618. The Labute approximate surface area is 157 Å². The molecule has 8 nitrogen and oxygen atoms in total. The van der Waals surface area contributed by atoms with E-state index in [0.29, 0.717) is 37.1 Å². The van der Waals surface area contributed by atoms with Gasteiger partial charge in [0, 0.05) is 37.1 Å². The van der Waals surface area contributed by atoms with Crippen molar-refractivity contribution in [3.63, 3.8) is 0 Å². The number of H-pyrrole nitrogens is 1. The Hall–Kier alpha value is -2.39. The topological polar surface area (TPSA) is 118 Å². The minimum absolute atomic E-state index is 0.179. The second kappa shape index (κ2) is 7.69. The van der Waals surface area contributed by atoms with E-state index in [1.807, 2.05) is 0 Å². The number of aromatic nitrogens is 2. The van der Waals surface area contributed by atoms with E-state index >= 15 is 0 Å². The van der Waals surface area contributed by atoms with Crippen LogP contribution in [0.4, 0.5) is 5.69 Å². The lowest BCUT2D eigenvalue weighted by atomic mass is 9.97. The molecule has 0 fully saturated rings. The summed E-state index contributed by atoms with van der Waals surface area (Å²) in [6.07, 6.45) is 3.73. The molecule has 0 unspecified atom stereocenters. The molecule has 0 radical (unpaired) electrons. The van der Waals surface area contributed by atoms with Gasteiger partial charge in [0.1, 0.15) is 0 Å². The molecule has 1 aromatic carbocycles. The maximum atomic E-state index is 12.6. The fourth-order valence-electron chi connectivity index (χ4n) is 3.42. The lowest BCUT2D eigenvalue weighted by Gasteiger charge is -2.21. The number of rotatable bonds is 6. The zero-order chi connectivity index (χ0) is 19.6. The van der Waals surface area contributed by atoms with Crippen LogP contribution >= 0.6 is 0 Å². The maximum absolute atomic E-state index is 12.6. The molecular weight excluding hydrogens is 368 g/mol. The summed E-state index contributed by atoms with van der Waals surface area (Å²) < 4.78 is 28.0. The van der Waals surface area contributed by atoms with E-state index in [0.717, 1.165) is 18.5 Å². The number of fused-ring (bicyclic) bond motifs is 1. The molecule has 0 atom stereocenters. The zero-order valence-corrected chi connectivity index (χ0v) is 16.1. The molecule has 1 heterocycles. The first-order valence-corrected chi connectivity index (χ1v) is 10.4. The molecule has 1 aromatic heterocycles. The highest BCUT2D eigenvalue weighted by Gasteiger charge is 2.21. The first-order chi connectivity index (χ1) is 12.8. The summed E-state index contributed by atoms with van der Waals surface area (Å²) in [7, 11) is -2.10. The van der Waals surface area contributed by atoms with Gasteiger partial charge in [-0.2, -0.15) is 0 Å². The molecule has 0 bridgehead atoms. The Bertz CT molecular complexity index is 1040. The Kier molecular flexibility index (Phi) is 5.52. The fourth-order valence-corrected chi connectivity index (χ4v) is 4.63. The molecule has 0 spiro atoms. The number of nitrogens with two attached hydrogens (primary N) is 1. The van der Waals surface area contributed by atoms with Gasteiger partial charge in [-0.25, -0.2) is 17.5 Å². The molecule has 146 valence electrons. The van der Waals surface area contributed by atoms with Crippen LogP contribution < -0.4 is 17.0 Å². The molecule has 1 aliphatic carbocycles. The molecular formula is C18H24N4O4S. The van der Waals surface area contributed by atoms with E-state index in [1.165, 1.54) is 23.5 Å². The quantitative estimate of drug-likeness (QED) is 0.702. The van der Waals surface area contributed by atoms with Gasteiger partial charge >= 0.3 is 5.69 Å². The standard InChI is InChI=1S/C18H24N4O4S/c1-21(27(25,26)14-9-7-13(19)8-10-14)11-4-12-22-16-6-3-2-5-15(16)17(23)20-18(22)24/h7-10H,2-6,11-12,19H2,1H3,(H,20,23,24). The largest absolute Gasteiger partial charge is 0.399 e.